The molecule has 5 aromatic rings. The third-order valence-electron chi connectivity index (χ3n) is 14.1. The van der Waals surface area contributed by atoms with E-state index < -0.39 is 31.7 Å². The highest BCUT2D eigenvalue weighted by Crippen LogP contribution is 2.61. The Morgan fingerprint density at radius 2 is 1.55 bits per heavy atom. The van der Waals surface area contributed by atoms with Gasteiger partial charge in [0.15, 0.2) is 5.60 Å². The second-order valence-corrected chi connectivity index (χ2v) is 23.2. The second kappa shape index (κ2) is 20.6. The zero-order chi connectivity index (χ0) is 47.3. The van der Waals surface area contributed by atoms with Gasteiger partial charge in [-0.25, -0.2) is 0 Å². The first-order valence-corrected chi connectivity index (χ1v) is 26.7. The molecule has 3 aliphatic heterocycles. The normalized spacial score (nSPS) is 21.1. The molecule has 1 saturated heterocycles. The fourth-order valence-electron chi connectivity index (χ4n) is 10.8. The van der Waals surface area contributed by atoms with Crippen LogP contribution < -0.4 is 29.8 Å². The number of nitrogens with zero attached hydrogens (tertiary/aromatic N) is 3. The third kappa shape index (κ3) is 9.40. The van der Waals surface area contributed by atoms with E-state index in [4.69, 9.17) is 14.2 Å². The number of anilines is 3. The summed E-state index contributed by atoms with van der Waals surface area (Å²) >= 11 is 0. The first-order chi connectivity index (χ1) is 32.4. The van der Waals surface area contributed by atoms with E-state index in [0.29, 0.717) is 62.4 Å². The monoisotopic (exact) mass is 924 g/mol. The maximum atomic E-state index is 15.8. The Labute approximate surface area is 395 Å². The predicted molar refractivity (Wildman–Crippen MR) is 264 cm³/mol. The second-order valence-electron chi connectivity index (χ2n) is 18.5. The quantitative estimate of drug-likeness (QED) is 0.0579. The number of aliphatic hydroxyl groups excluding tert-OH is 2. The summed E-state index contributed by atoms with van der Waals surface area (Å²) < 4.78 is 19.0. The summed E-state index contributed by atoms with van der Waals surface area (Å²) in [4.78, 5) is 50.6. The number of carbonyl (C=O) groups is 3. The number of aliphatic hydroxyl groups is 2. The van der Waals surface area contributed by atoms with Crippen molar-refractivity contribution in [3.05, 3.63) is 144 Å². The number of benzene rings is 5. The average Bonchev–Trinajstić information content (AvgIpc) is 3.76. The molecule has 3 amide bonds. The molecule has 0 aromatic heterocycles. The van der Waals surface area contributed by atoms with Gasteiger partial charge in [-0.15, -0.1) is 0 Å². The van der Waals surface area contributed by atoms with Gasteiger partial charge in [0.25, 0.3) is 5.91 Å². The summed E-state index contributed by atoms with van der Waals surface area (Å²) in [6, 6.07) is 38.9. The highest BCUT2D eigenvalue weighted by Gasteiger charge is 2.66. The maximum Gasteiger partial charge on any atom is 0.264 e. The minimum Gasteiger partial charge on any atom is -0.497 e. The van der Waals surface area contributed by atoms with E-state index in [1.807, 2.05) is 121 Å². The molecule has 5 aromatic carbocycles. The molecular formula is C54H64N4O8Si. The molecule has 1 fully saturated rings. The van der Waals surface area contributed by atoms with E-state index in [9.17, 15) is 19.8 Å². The molecule has 12 nitrogen and oxygen atoms in total. The zero-order valence-electron chi connectivity index (χ0n) is 39.3. The molecule has 13 heteroatoms. The molecule has 352 valence electrons. The van der Waals surface area contributed by atoms with Crippen LogP contribution in [0.4, 0.5) is 17.1 Å². The van der Waals surface area contributed by atoms with Crippen molar-refractivity contribution in [2.75, 3.05) is 49.8 Å². The van der Waals surface area contributed by atoms with E-state index in [-0.39, 0.29) is 49.4 Å². The SMILES string of the molecule is CCOc1ccc2c(c1)CC(NCCCCO)C(=O)N2c1ccc2c(c1)[C@@]1(O[C@H](CC(=O)N(CCO)Cc3ccccc3)[C@@H]([Si](C)(C)c3ccc(OC)cc3)[C@@H]1C)C(=O)N2Cc1ccccc1. The zero-order valence-corrected chi connectivity index (χ0v) is 40.3. The van der Waals surface area contributed by atoms with Crippen molar-refractivity contribution < 1.29 is 38.8 Å². The highest BCUT2D eigenvalue weighted by atomic mass is 28.3. The van der Waals surface area contributed by atoms with Gasteiger partial charge in [0.2, 0.25) is 11.8 Å². The molecular weight excluding hydrogens is 861 g/mol. The minimum atomic E-state index is -2.66. The number of ether oxygens (including phenoxy) is 3. The van der Waals surface area contributed by atoms with Crippen LogP contribution in [0.5, 0.6) is 11.5 Å². The summed E-state index contributed by atoms with van der Waals surface area (Å²) in [5, 5.41) is 24.3. The Balaban J connectivity index is 1.26. The van der Waals surface area contributed by atoms with E-state index in [2.05, 4.69) is 37.5 Å². The molecule has 3 heterocycles. The lowest BCUT2D eigenvalue weighted by atomic mass is 9.82. The molecule has 3 aliphatic rings. The maximum absolute atomic E-state index is 15.8. The van der Waals surface area contributed by atoms with E-state index >= 15 is 4.79 Å². The molecule has 0 saturated carbocycles. The summed E-state index contributed by atoms with van der Waals surface area (Å²) in [5.74, 6) is 0.531. The van der Waals surface area contributed by atoms with Crippen LogP contribution >= 0.6 is 0 Å². The Bertz CT molecular complexity index is 2520. The van der Waals surface area contributed by atoms with Crippen molar-refractivity contribution in [1.82, 2.24) is 10.2 Å². The standard InChI is InChI=1S/C54H64N4O8Si/c1-6-65-43-22-26-47-40(31-43)32-46(55-27-13-14-29-59)52(62)58(47)41-19-25-48-45(33-41)54(53(63)57(48)36-39-17-11-8-12-18-39)37(2)51(67(4,5)44-23-20-42(64-3)21-24-44)49(66-54)34-50(61)56(28-30-60)35-38-15-9-7-10-16-38/h7-12,15-26,31,33,37,46,49,51,55,59-60H,6,13-14,27-30,32,34-36H2,1-5H3/t37-,46?,49+,51-,54+/m0/s1. The van der Waals surface area contributed by atoms with Crippen LogP contribution in [-0.4, -0.2) is 93.1 Å². The van der Waals surface area contributed by atoms with Crippen molar-refractivity contribution in [1.29, 1.82) is 0 Å². The molecule has 3 N–H and O–H groups in total. The number of hydrogen-bond acceptors (Lipinski definition) is 9. The van der Waals surface area contributed by atoms with Gasteiger partial charge in [0, 0.05) is 36.9 Å². The molecule has 0 aliphatic carbocycles. The average molecular weight is 925 g/mol. The summed E-state index contributed by atoms with van der Waals surface area (Å²) in [6.45, 7) is 10.3. The van der Waals surface area contributed by atoms with Crippen molar-refractivity contribution in [2.45, 2.75) is 89.0 Å². The van der Waals surface area contributed by atoms with Gasteiger partial charge in [-0.2, -0.15) is 0 Å². The predicted octanol–water partition coefficient (Wildman–Crippen LogP) is 7.22. The highest BCUT2D eigenvalue weighted by molar-refractivity contribution is 6.91. The van der Waals surface area contributed by atoms with E-state index in [1.165, 1.54) is 0 Å². The van der Waals surface area contributed by atoms with E-state index in [0.717, 1.165) is 39.1 Å². The van der Waals surface area contributed by atoms with Gasteiger partial charge in [0.05, 0.1) is 64.9 Å². The van der Waals surface area contributed by atoms with Crippen LogP contribution in [0.3, 0.4) is 0 Å². The molecule has 0 radical (unpaired) electrons. The summed E-state index contributed by atoms with van der Waals surface area (Å²) in [6.07, 6.45) is 1.12. The van der Waals surface area contributed by atoms with Gasteiger partial charge in [0.1, 0.15) is 11.5 Å². The topological polar surface area (TPSA) is 141 Å². The van der Waals surface area contributed by atoms with Crippen molar-refractivity contribution in [3.8, 4) is 11.5 Å². The fourth-order valence-corrected chi connectivity index (χ4v) is 14.8. The molecule has 8 rings (SSSR count). The first kappa shape index (κ1) is 47.7. The van der Waals surface area contributed by atoms with Crippen LogP contribution in [0.15, 0.2) is 121 Å². The van der Waals surface area contributed by atoms with Crippen molar-refractivity contribution in [2.24, 2.45) is 5.92 Å². The number of rotatable bonds is 19. The Morgan fingerprint density at radius 3 is 2.22 bits per heavy atom. The fraction of sp³-hybridized carbons (Fsp3) is 0.389. The largest absolute Gasteiger partial charge is 0.497 e. The number of amides is 3. The van der Waals surface area contributed by atoms with E-state index in [1.54, 1.807) is 16.9 Å². The smallest absolute Gasteiger partial charge is 0.264 e. The molecule has 67 heavy (non-hydrogen) atoms. The van der Waals surface area contributed by atoms with Crippen LogP contribution in [0.1, 0.15) is 55.4 Å². The van der Waals surface area contributed by atoms with Gasteiger partial charge >= 0.3 is 0 Å². The molecule has 1 unspecified atom stereocenters. The van der Waals surface area contributed by atoms with Gasteiger partial charge < -0.3 is 39.5 Å². The molecule has 1 spiro atoms. The molecule has 0 bridgehead atoms. The number of nitrogens with one attached hydrogen (secondary N) is 1. The van der Waals surface area contributed by atoms with Crippen LogP contribution in [-0.2, 0) is 44.2 Å². The Morgan fingerprint density at radius 1 is 0.866 bits per heavy atom. The van der Waals surface area contributed by atoms with Crippen LogP contribution in [0.2, 0.25) is 18.6 Å². The number of hydrogen-bond donors (Lipinski definition) is 3. The third-order valence-corrected chi connectivity index (χ3v) is 18.5. The molecule has 5 atom stereocenters. The lowest BCUT2D eigenvalue weighted by Crippen LogP contribution is -2.52. The van der Waals surface area contributed by atoms with Gasteiger partial charge in [-0.3, -0.25) is 19.3 Å². The van der Waals surface area contributed by atoms with Gasteiger partial charge in [-0.05, 0) is 103 Å². The lowest BCUT2D eigenvalue weighted by molar-refractivity contribution is -0.150. The van der Waals surface area contributed by atoms with Crippen molar-refractivity contribution in [3.63, 3.8) is 0 Å². The first-order valence-electron chi connectivity index (χ1n) is 23.6. The number of methoxy groups -OCH3 is 1. The number of fused-ring (bicyclic) bond motifs is 3. The minimum absolute atomic E-state index is 0.000938. The number of carbonyl (C=O) groups excluding carboxylic acids is 3. The Hall–Kier alpha value is -5.83. The Kier molecular flexibility index (Phi) is 14.6. The summed E-state index contributed by atoms with van der Waals surface area (Å²) in [7, 11) is -1.01. The summed E-state index contributed by atoms with van der Waals surface area (Å²) in [5.41, 5.74) is 3.77. The van der Waals surface area contributed by atoms with Crippen LogP contribution in [0.25, 0.3) is 0 Å². The van der Waals surface area contributed by atoms with Crippen LogP contribution in [0, 0.1) is 5.92 Å². The van der Waals surface area contributed by atoms with Crippen molar-refractivity contribution >= 4 is 48.0 Å². The number of unbranched alkanes of at least 4 members (excludes halogenated alkanes) is 1. The lowest BCUT2D eigenvalue weighted by Gasteiger charge is -2.37. The van der Waals surface area contributed by atoms with Gasteiger partial charge in [-0.1, -0.05) is 98.0 Å².